The fourth-order valence-corrected chi connectivity index (χ4v) is 3.04. The number of carbonyl (C=O) groups excluding carboxylic acids is 1. The normalized spacial score (nSPS) is 12.9. The number of hydrogen-bond acceptors (Lipinski definition) is 5. The molecule has 2 heterocycles. The molecule has 0 aliphatic heterocycles. The Bertz CT molecular complexity index is 1040. The summed E-state index contributed by atoms with van der Waals surface area (Å²) in [5, 5.41) is 15.9. The number of aromatic nitrogens is 4. The highest BCUT2D eigenvalue weighted by molar-refractivity contribution is 5.95. The second kappa shape index (κ2) is 9.04. The molecule has 0 saturated heterocycles. The predicted molar refractivity (Wildman–Crippen MR) is 121 cm³/mol. The number of nitrogens with one attached hydrogen (secondary N) is 1. The molecule has 0 spiro atoms. The van der Waals surface area contributed by atoms with Gasteiger partial charge >= 0.3 is 0 Å². The maximum atomic E-state index is 12.8. The molecular formula is C24H33N5O2. The van der Waals surface area contributed by atoms with Gasteiger partial charge in [-0.2, -0.15) is 5.10 Å². The van der Waals surface area contributed by atoms with Crippen LogP contribution >= 0.6 is 0 Å². The van der Waals surface area contributed by atoms with E-state index in [1.165, 1.54) is 0 Å². The number of carbonyl (C=O) groups is 1. The average Bonchev–Trinajstić information content (AvgIpc) is 3.31. The highest BCUT2D eigenvalue weighted by Crippen LogP contribution is 2.24. The van der Waals surface area contributed by atoms with Crippen molar-refractivity contribution in [3.63, 3.8) is 0 Å². The van der Waals surface area contributed by atoms with Crippen molar-refractivity contribution in [2.24, 2.45) is 11.3 Å². The van der Waals surface area contributed by atoms with Crippen LogP contribution in [0.5, 0.6) is 0 Å². The van der Waals surface area contributed by atoms with Gasteiger partial charge in [0.15, 0.2) is 0 Å². The molecule has 3 rings (SSSR count). The number of nitrogens with zero attached hydrogens (tertiary/aromatic N) is 4. The van der Waals surface area contributed by atoms with Crippen LogP contribution in [0.3, 0.4) is 0 Å². The Balaban J connectivity index is 1.94. The molecule has 1 amide bonds. The fraction of sp³-hybridized carbons (Fsp3) is 0.500. The highest BCUT2D eigenvalue weighted by Gasteiger charge is 2.23. The van der Waals surface area contributed by atoms with Gasteiger partial charge in [0.05, 0.1) is 5.69 Å². The molecular weight excluding hydrogens is 390 g/mol. The Hall–Kier alpha value is -2.96. The number of aryl methyl sites for hydroxylation is 2. The summed E-state index contributed by atoms with van der Waals surface area (Å²) >= 11 is 0. The molecule has 7 nitrogen and oxygen atoms in total. The van der Waals surface area contributed by atoms with Crippen molar-refractivity contribution in [2.75, 3.05) is 0 Å². The van der Waals surface area contributed by atoms with Gasteiger partial charge in [0.2, 0.25) is 5.89 Å². The molecule has 1 aromatic carbocycles. The molecule has 1 atom stereocenters. The zero-order valence-corrected chi connectivity index (χ0v) is 19.6. The molecule has 0 bridgehead atoms. The third-order valence-corrected chi connectivity index (χ3v) is 5.51. The van der Waals surface area contributed by atoms with Crippen LogP contribution in [0.4, 0.5) is 0 Å². The second-order valence-electron chi connectivity index (χ2n) is 9.60. The summed E-state index contributed by atoms with van der Waals surface area (Å²) in [6.07, 6.45) is 1.88. The van der Waals surface area contributed by atoms with E-state index >= 15 is 0 Å². The maximum absolute atomic E-state index is 12.8. The molecule has 0 saturated carbocycles. The van der Waals surface area contributed by atoms with Gasteiger partial charge < -0.3 is 9.73 Å². The molecule has 1 unspecified atom stereocenters. The number of rotatable bonds is 7. The molecule has 0 aliphatic carbocycles. The Morgan fingerprint density at radius 2 is 1.90 bits per heavy atom. The quantitative estimate of drug-likeness (QED) is 0.579. The van der Waals surface area contributed by atoms with Crippen molar-refractivity contribution in [1.82, 2.24) is 25.3 Å². The minimum atomic E-state index is -0.0899. The monoisotopic (exact) mass is 423 g/mol. The summed E-state index contributed by atoms with van der Waals surface area (Å²) in [4.78, 5) is 12.8. The highest BCUT2D eigenvalue weighted by atomic mass is 16.4. The van der Waals surface area contributed by atoms with Gasteiger partial charge in [-0.05, 0) is 55.4 Å². The summed E-state index contributed by atoms with van der Waals surface area (Å²) in [5.41, 5.74) is 3.10. The Kier molecular flexibility index (Phi) is 6.62. The lowest BCUT2D eigenvalue weighted by atomic mass is 9.88. The first-order valence-electron chi connectivity index (χ1n) is 10.9. The second-order valence-corrected chi connectivity index (χ2v) is 9.60. The molecule has 2 aromatic heterocycles. The molecule has 0 radical (unpaired) electrons. The number of amides is 1. The van der Waals surface area contributed by atoms with Gasteiger partial charge in [-0.25, -0.2) is 4.68 Å². The first kappa shape index (κ1) is 22.7. The van der Waals surface area contributed by atoms with Crippen LogP contribution in [0, 0.1) is 18.3 Å². The molecule has 1 N–H and O–H groups in total. The van der Waals surface area contributed by atoms with Crippen LogP contribution in [-0.2, 0) is 6.42 Å². The van der Waals surface area contributed by atoms with Crippen LogP contribution in [-0.4, -0.2) is 31.9 Å². The zero-order valence-electron chi connectivity index (χ0n) is 19.6. The van der Waals surface area contributed by atoms with E-state index < -0.39 is 0 Å². The van der Waals surface area contributed by atoms with E-state index in [1.54, 1.807) is 6.92 Å². The largest absolute Gasteiger partial charge is 0.420 e. The van der Waals surface area contributed by atoms with Crippen molar-refractivity contribution in [3.05, 3.63) is 47.5 Å². The molecule has 7 heteroatoms. The summed E-state index contributed by atoms with van der Waals surface area (Å²) in [7, 11) is 0. The lowest BCUT2D eigenvalue weighted by molar-refractivity contribution is 0.0910. The van der Waals surface area contributed by atoms with Gasteiger partial charge in [-0.1, -0.05) is 40.7 Å². The summed E-state index contributed by atoms with van der Waals surface area (Å²) in [6, 6.07) is 9.58. The van der Waals surface area contributed by atoms with Crippen molar-refractivity contribution in [2.45, 2.75) is 67.3 Å². The topological polar surface area (TPSA) is 85.8 Å². The lowest BCUT2D eigenvalue weighted by Gasteiger charge is -2.28. The van der Waals surface area contributed by atoms with Crippen LogP contribution < -0.4 is 5.32 Å². The zero-order chi connectivity index (χ0) is 22.8. The van der Waals surface area contributed by atoms with Crippen LogP contribution in [0.15, 0.2) is 34.7 Å². The van der Waals surface area contributed by atoms with Gasteiger partial charge in [0.1, 0.15) is 5.69 Å². The van der Waals surface area contributed by atoms with E-state index in [9.17, 15) is 4.79 Å². The van der Waals surface area contributed by atoms with Crippen LogP contribution in [0.25, 0.3) is 17.3 Å². The van der Waals surface area contributed by atoms with Gasteiger partial charge in [-0.15, -0.1) is 10.2 Å². The van der Waals surface area contributed by atoms with Crippen molar-refractivity contribution in [1.29, 1.82) is 0 Å². The average molecular weight is 424 g/mol. The standard InChI is InChI=1S/C24H33N5O2/c1-15(2)11-12-20-14-21(23-27-26-17(4)31-23)28-29(20)19-10-8-9-18(13-19)22(30)25-16(3)24(5,6)7/h8-10,13-16H,11-12H2,1-7H3,(H,25,30). The Morgan fingerprint density at radius 1 is 1.16 bits per heavy atom. The third-order valence-electron chi connectivity index (χ3n) is 5.51. The molecule has 166 valence electrons. The predicted octanol–water partition coefficient (Wildman–Crippen LogP) is 4.98. The lowest BCUT2D eigenvalue weighted by Crippen LogP contribution is -2.41. The summed E-state index contributed by atoms with van der Waals surface area (Å²) in [5.74, 6) is 1.37. The third kappa shape index (κ3) is 5.60. The Morgan fingerprint density at radius 3 is 2.52 bits per heavy atom. The van der Waals surface area contributed by atoms with E-state index in [2.05, 4.69) is 50.1 Å². The molecule has 3 aromatic rings. The van der Waals surface area contributed by atoms with E-state index in [0.717, 1.165) is 24.2 Å². The first-order chi connectivity index (χ1) is 14.5. The van der Waals surface area contributed by atoms with Crippen LogP contribution in [0.1, 0.15) is 69.9 Å². The fourth-order valence-electron chi connectivity index (χ4n) is 3.04. The number of benzene rings is 1. The molecule has 31 heavy (non-hydrogen) atoms. The van der Waals surface area contributed by atoms with Crippen molar-refractivity contribution < 1.29 is 9.21 Å². The van der Waals surface area contributed by atoms with E-state index in [4.69, 9.17) is 9.52 Å². The van der Waals surface area contributed by atoms with Gasteiger partial charge in [0, 0.05) is 24.2 Å². The molecule has 0 aliphatic rings. The van der Waals surface area contributed by atoms with Crippen molar-refractivity contribution >= 4 is 5.91 Å². The maximum Gasteiger partial charge on any atom is 0.268 e. The first-order valence-corrected chi connectivity index (χ1v) is 10.9. The SMILES string of the molecule is Cc1nnc(-c2cc(CCC(C)C)n(-c3cccc(C(=O)NC(C)C(C)(C)C)c3)n2)o1. The van der Waals surface area contributed by atoms with Crippen molar-refractivity contribution in [3.8, 4) is 17.3 Å². The minimum Gasteiger partial charge on any atom is -0.420 e. The Labute approximate surface area is 184 Å². The number of hydrogen-bond donors (Lipinski definition) is 1. The van der Waals surface area contributed by atoms with E-state index in [1.807, 2.05) is 41.9 Å². The van der Waals surface area contributed by atoms with Crippen LogP contribution in [0.2, 0.25) is 0 Å². The van der Waals surface area contributed by atoms with Gasteiger partial charge in [-0.3, -0.25) is 4.79 Å². The summed E-state index contributed by atoms with van der Waals surface area (Å²) in [6.45, 7) is 14.5. The minimum absolute atomic E-state index is 0.0175. The van der Waals surface area contributed by atoms with E-state index in [0.29, 0.717) is 29.0 Å². The summed E-state index contributed by atoms with van der Waals surface area (Å²) < 4.78 is 7.45. The van der Waals surface area contributed by atoms with Gasteiger partial charge in [0.25, 0.3) is 11.8 Å². The van der Waals surface area contributed by atoms with E-state index in [-0.39, 0.29) is 17.4 Å². The molecule has 0 fully saturated rings. The smallest absolute Gasteiger partial charge is 0.268 e.